The number of carbonyl (C=O) groups excluding carboxylic acids is 3. The van der Waals surface area contributed by atoms with Crippen molar-refractivity contribution < 1.29 is 14.4 Å². The van der Waals surface area contributed by atoms with Crippen molar-refractivity contribution in [2.45, 2.75) is 26.2 Å². The molecule has 112 valence electrons. The second-order valence-corrected chi connectivity index (χ2v) is 4.88. The third-order valence-electron chi connectivity index (χ3n) is 3.27. The standard InChI is InChI=1S/C15H19N3O3/c1-2-16-13(19)7-8-17-15(21)11-3-5-12-10(9-11)4-6-14(20)18-12/h3,5,9H,2,4,6-8H2,1H3,(H,16,19)(H,17,21)(H,18,20). The van der Waals surface area contributed by atoms with Gasteiger partial charge in [0.05, 0.1) is 0 Å². The van der Waals surface area contributed by atoms with E-state index in [4.69, 9.17) is 0 Å². The van der Waals surface area contributed by atoms with Crippen molar-refractivity contribution in [3.8, 4) is 0 Å². The van der Waals surface area contributed by atoms with E-state index >= 15 is 0 Å². The van der Waals surface area contributed by atoms with Crippen molar-refractivity contribution in [2.24, 2.45) is 0 Å². The van der Waals surface area contributed by atoms with E-state index < -0.39 is 0 Å². The molecule has 0 aliphatic carbocycles. The van der Waals surface area contributed by atoms with Gasteiger partial charge >= 0.3 is 0 Å². The predicted molar refractivity (Wildman–Crippen MR) is 79.0 cm³/mol. The van der Waals surface area contributed by atoms with Gasteiger partial charge in [0.1, 0.15) is 0 Å². The number of nitrogens with one attached hydrogen (secondary N) is 3. The predicted octanol–water partition coefficient (Wildman–Crippen LogP) is 0.827. The summed E-state index contributed by atoms with van der Waals surface area (Å²) in [5.74, 6) is -0.286. The van der Waals surface area contributed by atoms with Gasteiger partial charge in [-0.05, 0) is 37.1 Å². The normalized spacial score (nSPS) is 13.1. The highest BCUT2D eigenvalue weighted by Crippen LogP contribution is 2.23. The van der Waals surface area contributed by atoms with Gasteiger partial charge in [-0.15, -0.1) is 0 Å². The summed E-state index contributed by atoms with van der Waals surface area (Å²) in [6, 6.07) is 5.20. The van der Waals surface area contributed by atoms with Crippen LogP contribution in [0.5, 0.6) is 0 Å². The summed E-state index contributed by atoms with van der Waals surface area (Å²) in [7, 11) is 0. The number of rotatable bonds is 5. The second kappa shape index (κ2) is 6.88. The smallest absolute Gasteiger partial charge is 0.251 e. The zero-order valence-corrected chi connectivity index (χ0v) is 12.0. The van der Waals surface area contributed by atoms with E-state index in [0.717, 1.165) is 11.3 Å². The molecule has 0 fully saturated rings. The van der Waals surface area contributed by atoms with Crippen LogP contribution < -0.4 is 16.0 Å². The van der Waals surface area contributed by atoms with E-state index in [2.05, 4.69) is 16.0 Å². The van der Waals surface area contributed by atoms with Crippen LogP contribution in [0.1, 0.15) is 35.7 Å². The molecule has 1 aromatic rings. The number of fused-ring (bicyclic) bond motifs is 1. The minimum atomic E-state index is -0.209. The summed E-state index contributed by atoms with van der Waals surface area (Å²) in [6.07, 6.45) is 1.34. The molecule has 0 atom stereocenters. The molecule has 0 aromatic heterocycles. The summed E-state index contributed by atoms with van der Waals surface area (Å²) in [4.78, 5) is 34.6. The van der Waals surface area contributed by atoms with Crippen LogP contribution in [0.4, 0.5) is 5.69 Å². The Bertz CT molecular complexity index is 569. The van der Waals surface area contributed by atoms with Crippen LogP contribution >= 0.6 is 0 Å². The van der Waals surface area contributed by atoms with Crippen LogP contribution in [-0.4, -0.2) is 30.8 Å². The van der Waals surface area contributed by atoms with Gasteiger partial charge < -0.3 is 16.0 Å². The fraction of sp³-hybridized carbons (Fsp3) is 0.400. The molecule has 2 rings (SSSR count). The van der Waals surface area contributed by atoms with E-state index in [-0.39, 0.29) is 24.1 Å². The molecule has 6 nitrogen and oxygen atoms in total. The maximum absolute atomic E-state index is 12.0. The number of hydrogen-bond donors (Lipinski definition) is 3. The summed E-state index contributed by atoms with van der Waals surface area (Å²) >= 11 is 0. The van der Waals surface area contributed by atoms with Gasteiger partial charge in [0.2, 0.25) is 11.8 Å². The van der Waals surface area contributed by atoms with Gasteiger partial charge in [0.25, 0.3) is 5.91 Å². The van der Waals surface area contributed by atoms with Gasteiger partial charge in [0.15, 0.2) is 0 Å². The SMILES string of the molecule is CCNC(=O)CCNC(=O)c1ccc2c(c1)CCC(=O)N2. The van der Waals surface area contributed by atoms with Gasteiger partial charge in [-0.2, -0.15) is 0 Å². The van der Waals surface area contributed by atoms with Crippen LogP contribution in [0.15, 0.2) is 18.2 Å². The number of benzene rings is 1. The molecule has 3 amide bonds. The summed E-state index contributed by atoms with van der Waals surface area (Å²) in [5.41, 5.74) is 2.27. The Morgan fingerprint density at radius 2 is 2.05 bits per heavy atom. The zero-order valence-electron chi connectivity index (χ0n) is 12.0. The fourth-order valence-corrected chi connectivity index (χ4v) is 2.20. The highest BCUT2D eigenvalue weighted by Gasteiger charge is 2.16. The van der Waals surface area contributed by atoms with E-state index in [1.807, 2.05) is 6.92 Å². The highest BCUT2D eigenvalue weighted by atomic mass is 16.2. The number of aryl methyl sites for hydroxylation is 1. The largest absolute Gasteiger partial charge is 0.356 e. The molecule has 0 saturated heterocycles. The molecule has 3 N–H and O–H groups in total. The molecule has 0 bridgehead atoms. The topological polar surface area (TPSA) is 87.3 Å². The number of amides is 3. The quantitative estimate of drug-likeness (QED) is 0.750. The first-order valence-corrected chi connectivity index (χ1v) is 7.08. The van der Waals surface area contributed by atoms with Crippen LogP contribution in [0.2, 0.25) is 0 Å². The molecular formula is C15H19N3O3. The second-order valence-electron chi connectivity index (χ2n) is 4.88. The minimum Gasteiger partial charge on any atom is -0.356 e. The lowest BCUT2D eigenvalue weighted by molar-refractivity contribution is -0.121. The average Bonchev–Trinajstić information content (AvgIpc) is 2.46. The lowest BCUT2D eigenvalue weighted by Gasteiger charge is -2.17. The molecule has 1 heterocycles. The van der Waals surface area contributed by atoms with Crippen molar-refractivity contribution in [3.05, 3.63) is 29.3 Å². The lowest BCUT2D eigenvalue weighted by Crippen LogP contribution is -2.30. The maximum Gasteiger partial charge on any atom is 0.251 e. The molecule has 0 spiro atoms. The Morgan fingerprint density at radius 1 is 1.24 bits per heavy atom. The summed E-state index contributed by atoms with van der Waals surface area (Å²) in [5, 5.41) is 8.16. The molecule has 0 radical (unpaired) electrons. The van der Waals surface area contributed by atoms with E-state index in [1.54, 1.807) is 18.2 Å². The Balaban J connectivity index is 1.91. The molecule has 1 aromatic carbocycles. The van der Waals surface area contributed by atoms with Crippen molar-refractivity contribution >= 4 is 23.4 Å². The van der Waals surface area contributed by atoms with Crippen molar-refractivity contribution in [2.75, 3.05) is 18.4 Å². The van der Waals surface area contributed by atoms with Crippen molar-refractivity contribution in [1.82, 2.24) is 10.6 Å². The summed E-state index contributed by atoms with van der Waals surface area (Å²) < 4.78 is 0. The Morgan fingerprint density at radius 3 is 2.81 bits per heavy atom. The molecule has 1 aliphatic rings. The van der Waals surface area contributed by atoms with Crippen LogP contribution in [0, 0.1) is 0 Å². The Kier molecular flexibility index (Phi) is 4.92. The number of hydrogen-bond acceptors (Lipinski definition) is 3. The van der Waals surface area contributed by atoms with Gasteiger partial charge in [0, 0.05) is 37.2 Å². The van der Waals surface area contributed by atoms with E-state index in [9.17, 15) is 14.4 Å². The van der Waals surface area contributed by atoms with Crippen molar-refractivity contribution in [1.29, 1.82) is 0 Å². The number of carbonyl (C=O) groups is 3. The maximum atomic E-state index is 12.0. The Labute approximate surface area is 123 Å². The third-order valence-corrected chi connectivity index (χ3v) is 3.27. The molecule has 0 unspecified atom stereocenters. The first kappa shape index (κ1) is 15.0. The highest BCUT2D eigenvalue weighted by molar-refractivity contribution is 5.98. The van der Waals surface area contributed by atoms with E-state index in [0.29, 0.717) is 31.5 Å². The van der Waals surface area contributed by atoms with Gasteiger partial charge in [-0.3, -0.25) is 14.4 Å². The fourth-order valence-electron chi connectivity index (χ4n) is 2.20. The molecule has 21 heavy (non-hydrogen) atoms. The zero-order chi connectivity index (χ0) is 15.2. The van der Waals surface area contributed by atoms with E-state index in [1.165, 1.54) is 0 Å². The van der Waals surface area contributed by atoms with Crippen molar-refractivity contribution in [3.63, 3.8) is 0 Å². The molecule has 1 aliphatic heterocycles. The lowest BCUT2D eigenvalue weighted by atomic mass is 10.00. The van der Waals surface area contributed by atoms with Crippen LogP contribution in [0.3, 0.4) is 0 Å². The van der Waals surface area contributed by atoms with Gasteiger partial charge in [-0.1, -0.05) is 0 Å². The van der Waals surface area contributed by atoms with Crippen LogP contribution in [0.25, 0.3) is 0 Å². The molecule has 6 heteroatoms. The molecule has 0 saturated carbocycles. The third kappa shape index (κ3) is 4.05. The minimum absolute atomic E-state index is 0.00152. The first-order chi connectivity index (χ1) is 10.1. The number of anilines is 1. The van der Waals surface area contributed by atoms with Gasteiger partial charge in [-0.25, -0.2) is 0 Å². The first-order valence-electron chi connectivity index (χ1n) is 7.08. The average molecular weight is 289 g/mol. The Hall–Kier alpha value is -2.37. The van der Waals surface area contributed by atoms with Crippen LogP contribution in [-0.2, 0) is 16.0 Å². The molecular weight excluding hydrogens is 270 g/mol. The summed E-state index contributed by atoms with van der Waals surface area (Å²) in [6.45, 7) is 2.74. The monoisotopic (exact) mass is 289 g/mol.